The second-order valence-corrected chi connectivity index (χ2v) is 9.91. The van der Waals surface area contributed by atoms with E-state index in [1.165, 1.54) is 12.1 Å². The first-order valence-corrected chi connectivity index (χ1v) is 11.9. The number of nitrogens with one attached hydrogen (secondary N) is 1. The van der Waals surface area contributed by atoms with Crippen LogP contribution in [-0.2, 0) is 27.2 Å². The largest absolute Gasteiger partial charge is 0.416 e. The number of sulfonamides is 1. The highest BCUT2D eigenvalue weighted by Gasteiger charge is 2.37. The van der Waals surface area contributed by atoms with Crippen molar-refractivity contribution in [3.63, 3.8) is 0 Å². The first-order chi connectivity index (χ1) is 17.1. The summed E-state index contributed by atoms with van der Waals surface area (Å²) >= 11 is 0. The van der Waals surface area contributed by atoms with Gasteiger partial charge in [0.1, 0.15) is 11.2 Å². The summed E-state index contributed by atoms with van der Waals surface area (Å²) in [5.74, 6) is -1.44. The van der Waals surface area contributed by atoms with Gasteiger partial charge in [-0.05, 0) is 48.7 Å². The molecule has 1 aliphatic carbocycles. The quantitative estimate of drug-likeness (QED) is 0.345. The molecule has 0 atom stereocenters. The number of hydrogen-bond donors (Lipinski definition) is 2. The van der Waals surface area contributed by atoms with E-state index in [1.807, 2.05) is 0 Å². The van der Waals surface area contributed by atoms with Gasteiger partial charge in [-0.1, -0.05) is 12.6 Å². The van der Waals surface area contributed by atoms with Crippen LogP contribution in [0.1, 0.15) is 29.5 Å². The fraction of sp³-hybridized carbons (Fsp3) is 0.227. The Morgan fingerprint density at radius 3 is 2.14 bits per heavy atom. The number of amides is 1. The molecule has 3 aromatic rings. The summed E-state index contributed by atoms with van der Waals surface area (Å²) in [6, 6.07) is 4.21. The lowest BCUT2D eigenvalue weighted by atomic mass is 10.0. The second-order valence-electron chi connectivity index (χ2n) is 8.23. The van der Waals surface area contributed by atoms with Crippen molar-refractivity contribution >= 4 is 21.5 Å². The SMILES string of the molecule is C=C(C(N)=O)c1ccc(S(=O)(=O)NC2CC2)c(-n2cnc(-c3cc(C(F)(F)F)cc(C(F)(F)F)c3)n2)c1. The van der Waals surface area contributed by atoms with Gasteiger partial charge in [0.15, 0.2) is 5.82 Å². The van der Waals surface area contributed by atoms with Crippen molar-refractivity contribution in [2.45, 2.75) is 36.1 Å². The Hall–Kier alpha value is -3.72. The summed E-state index contributed by atoms with van der Waals surface area (Å²) < 4.78 is 109. The topological polar surface area (TPSA) is 120 Å². The maximum Gasteiger partial charge on any atom is 0.416 e. The Morgan fingerprint density at radius 2 is 1.62 bits per heavy atom. The van der Waals surface area contributed by atoms with E-state index in [2.05, 4.69) is 21.4 Å². The summed E-state index contributed by atoms with van der Waals surface area (Å²) in [4.78, 5) is 15.1. The molecule has 196 valence electrons. The Labute approximate surface area is 205 Å². The molecule has 0 radical (unpaired) electrons. The first-order valence-electron chi connectivity index (χ1n) is 10.4. The Kier molecular flexibility index (Phi) is 6.40. The number of nitrogens with two attached hydrogens (primary N) is 1. The van der Waals surface area contributed by atoms with E-state index in [4.69, 9.17) is 5.73 Å². The molecule has 1 fully saturated rings. The van der Waals surface area contributed by atoms with Crippen LogP contribution < -0.4 is 10.5 Å². The highest BCUT2D eigenvalue weighted by atomic mass is 32.2. The Bertz CT molecular complexity index is 1480. The highest BCUT2D eigenvalue weighted by molar-refractivity contribution is 7.89. The lowest BCUT2D eigenvalue weighted by molar-refractivity contribution is -0.143. The zero-order chi connectivity index (χ0) is 27.3. The van der Waals surface area contributed by atoms with Crippen LogP contribution in [0.15, 0.2) is 54.2 Å². The van der Waals surface area contributed by atoms with Crippen LogP contribution in [0.4, 0.5) is 26.3 Å². The molecule has 0 saturated heterocycles. The summed E-state index contributed by atoms with van der Waals surface area (Å²) in [5.41, 5.74) is 1.27. The van der Waals surface area contributed by atoms with Gasteiger partial charge >= 0.3 is 12.4 Å². The average molecular weight is 545 g/mol. The number of carbonyl (C=O) groups excluding carboxylic acids is 1. The standard InChI is InChI=1S/C22H17F6N5O3S/c1-11(19(29)34)12-2-5-18(37(35,36)32-16-3-4-16)17(8-12)33-10-30-20(31-33)13-6-14(21(23,24)25)9-15(7-13)22(26,27)28/h2,5-10,16,32H,1,3-4H2,(H2,29,34). The summed E-state index contributed by atoms with van der Waals surface area (Å²) in [5, 5.41) is 3.94. The van der Waals surface area contributed by atoms with E-state index in [-0.39, 0.29) is 33.8 Å². The number of halogens is 6. The monoisotopic (exact) mass is 545 g/mol. The van der Waals surface area contributed by atoms with Gasteiger partial charge in [0, 0.05) is 17.2 Å². The van der Waals surface area contributed by atoms with Crippen molar-refractivity contribution in [3.05, 3.63) is 66.0 Å². The molecule has 4 rings (SSSR count). The van der Waals surface area contributed by atoms with Crippen LogP contribution in [0.3, 0.4) is 0 Å². The number of alkyl halides is 6. The van der Waals surface area contributed by atoms with Gasteiger partial charge in [-0.15, -0.1) is 5.10 Å². The molecule has 37 heavy (non-hydrogen) atoms. The highest BCUT2D eigenvalue weighted by Crippen LogP contribution is 2.38. The molecule has 1 amide bonds. The minimum Gasteiger partial charge on any atom is -0.366 e. The van der Waals surface area contributed by atoms with Gasteiger partial charge in [0.25, 0.3) is 0 Å². The summed E-state index contributed by atoms with van der Waals surface area (Å²) in [6.07, 6.45) is -8.01. The van der Waals surface area contributed by atoms with Crippen molar-refractivity contribution in [1.82, 2.24) is 19.5 Å². The van der Waals surface area contributed by atoms with Crippen LogP contribution >= 0.6 is 0 Å². The van der Waals surface area contributed by atoms with Gasteiger partial charge in [-0.3, -0.25) is 4.79 Å². The van der Waals surface area contributed by atoms with Crippen LogP contribution in [0.25, 0.3) is 22.6 Å². The molecular weight excluding hydrogens is 528 g/mol. The molecule has 8 nitrogen and oxygen atoms in total. The van der Waals surface area contributed by atoms with Crippen molar-refractivity contribution in [3.8, 4) is 17.1 Å². The minimum atomic E-state index is -5.09. The third kappa shape index (κ3) is 5.67. The normalized spacial score (nSPS) is 14.5. The summed E-state index contributed by atoms with van der Waals surface area (Å²) in [7, 11) is -4.13. The van der Waals surface area contributed by atoms with Crippen molar-refractivity contribution in [1.29, 1.82) is 0 Å². The third-order valence-electron chi connectivity index (χ3n) is 5.38. The molecule has 15 heteroatoms. The molecule has 1 saturated carbocycles. The Balaban J connectivity index is 1.86. The lowest BCUT2D eigenvalue weighted by Gasteiger charge is -2.14. The predicted molar refractivity (Wildman–Crippen MR) is 118 cm³/mol. The lowest BCUT2D eigenvalue weighted by Crippen LogP contribution is -2.27. The molecule has 0 spiro atoms. The van der Waals surface area contributed by atoms with E-state index in [9.17, 15) is 39.6 Å². The van der Waals surface area contributed by atoms with Crippen LogP contribution in [0.5, 0.6) is 0 Å². The van der Waals surface area contributed by atoms with E-state index in [1.54, 1.807) is 0 Å². The number of benzene rings is 2. The third-order valence-corrected chi connectivity index (χ3v) is 6.95. The van der Waals surface area contributed by atoms with E-state index < -0.39 is 50.8 Å². The second kappa shape index (κ2) is 8.99. The fourth-order valence-corrected chi connectivity index (χ4v) is 4.81. The number of rotatable bonds is 7. The molecule has 1 aromatic heterocycles. The zero-order valence-electron chi connectivity index (χ0n) is 18.6. The van der Waals surface area contributed by atoms with Crippen LogP contribution in [0, 0.1) is 0 Å². The smallest absolute Gasteiger partial charge is 0.366 e. The molecule has 0 bridgehead atoms. The molecule has 1 heterocycles. The molecule has 1 aliphatic rings. The molecular formula is C22H17F6N5O3S. The molecule has 3 N–H and O–H groups in total. The number of hydrogen-bond acceptors (Lipinski definition) is 5. The minimum absolute atomic E-state index is 0.0341. The predicted octanol–water partition coefficient (Wildman–Crippen LogP) is 3.91. The van der Waals surface area contributed by atoms with Crippen LogP contribution in [-0.4, -0.2) is 35.1 Å². The Morgan fingerprint density at radius 1 is 1.03 bits per heavy atom. The molecule has 2 aromatic carbocycles. The van der Waals surface area contributed by atoms with Gasteiger partial charge < -0.3 is 5.73 Å². The summed E-state index contributed by atoms with van der Waals surface area (Å²) in [6.45, 7) is 3.53. The van der Waals surface area contributed by atoms with Crippen molar-refractivity contribution in [2.75, 3.05) is 0 Å². The number of carbonyl (C=O) groups is 1. The van der Waals surface area contributed by atoms with Crippen LogP contribution in [0.2, 0.25) is 0 Å². The van der Waals surface area contributed by atoms with Crippen molar-refractivity contribution in [2.24, 2.45) is 5.73 Å². The number of nitrogens with zero attached hydrogens (tertiary/aromatic N) is 3. The number of primary amides is 1. The van der Waals surface area contributed by atoms with E-state index >= 15 is 0 Å². The fourth-order valence-electron chi connectivity index (χ4n) is 3.33. The maximum atomic E-state index is 13.3. The van der Waals surface area contributed by atoms with E-state index in [0.29, 0.717) is 25.0 Å². The van der Waals surface area contributed by atoms with Gasteiger partial charge in [-0.2, -0.15) is 26.3 Å². The van der Waals surface area contributed by atoms with Gasteiger partial charge in [0.2, 0.25) is 15.9 Å². The number of aromatic nitrogens is 3. The van der Waals surface area contributed by atoms with E-state index in [0.717, 1.165) is 17.1 Å². The molecule has 0 unspecified atom stereocenters. The maximum absolute atomic E-state index is 13.3. The van der Waals surface area contributed by atoms with Gasteiger partial charge in [0.05, 0.1) is 16.8 Å². The average Bonchev–Trinajstić information content (AvgIpc) is 3.46. The molecule has 0 aliphatic heterocycles. The zero-order valence-corrected chi connectivity index (χ0v) is 19.4. The van der Waals surface area contributed by atoms with Crippen molar-refractivity contribution < 1.29 is 39.6 Å². The van der Waals surface area contributed by atoms with Gasteiger partial charge in [-0.25, -0.2) is 22.8 Å². The first kappa shape index (κ1) is 26.3.